The van der Waals surface area contributed by atoms with Crippen LogP contribution in [0.5, 0.6) is 0 Å². The lowest BCUT2D eigenvalue weighted by Gasteiger charge is -2.32. The van der Waals surface area contributed by atoms with Crippen LogP contribution in [0.4, 0.5) is 4.79 Å². The molecule has 1 aromatic carbocycles. The smallest absolute Gasteiger partial charge is 0.318 e. The van der Waals surface area contributed by atoms with Gasteiger partial charge in [-0.05, 0) is 33.3 Å². The third-order valence-corrected chi connectivity index (χ3v) is 4.64. The lowest BCUT2D eigenvalue weighted by atomic mass is 10.00. The highest BCUT2D eigenvalue weighted by Crippen LogP contribution is 2.34. The first-order valence-electron chi connectivity index (χ1n) is 8.83. The Bertz CT molecular complexity index is 847. The second-order valence-electron chi connectivity index (χ2n) is 7.77. The van der Waals surface area contributed by atoms with Crippen LogP contribution in [0.2, 0.25) is 0 Å². The topological polar surface area (TPSA) is 80.4 Å². The number of primary amides is 1. The molecule has 1 aromatic heterocycles. The summed E-state index contributed by atoms with van der Waals surface area (Å²) in [6.45, 7) is 9.46. The largest absolute Gasteiger partial charge is 0.366 e. The Morgan fingerprint density at radius 3 is 2.35 bits per heavy atom. The molecule has 2 aromatic rings. The Kier molecular flexibility index (Phi) is 4.52. The van der Waals surface area contributed by atoms with Crippen molar-refractivity contribution in [2.75, 3.05) is 6.54 Å². The number of urea groups is 1. The Labute approximate surface area is 154 Å². The summed E-state index contributed by atoms with van der Waals surface area (Å²) in [6, 6.07) is 9.66. The second kappa shape index (κ2) is 6.52. The van der Waals surface area contributed by atoms with E-state index in [-0.39, 0.29) is 11.6 Å². The monoisotopic (exact) mass is 354 g/mol. The highest BCUT2D eigenvalue weighted by molar-refractivity contribution is 6.02. The van der Waals surface area contributed by atoms with Crippen molar-refractivity contribution in [3.8, 4) is 11.1 Å². The van der Waals surface area contributed by atoms with E-state index in [1.165, 1.54) is 0 Å². The van der Waals surface area contributed by atoms with E-state index in [1.54, 1.807) is 4.90 Å². The Morgan fingerprint density at radius 1 is 1.12 bits per heavy atom. The Hall–Kier alpha value is -2.76. The van der Waals surface area contributed by atoms with E-state index < -0.39 is 5.91 Å². The van der Waals surface area contributed by atoms with Gasteiger partial charge < -0.3 is 20.5 Å². The van der Waals surface area contributed by atoms with Crippen LogP contribution in [0.25, 0.3) is 11.1 Å². The molecule has 3 amide bonds. The molecule has 0 radical (unpaired) electrons. The lowest BCUT2D eigenvalue weighted by Crippen LogP contribution is -2.50. The third-order valence-electron chi connectivity index (χ3n) is 4.64. The van der Waals surface area contributed by atoms with Crippen LogP contribution in [-0.2, 0) is 13.1 Å². The van der Waals surface area contributed by atoms with E-state index in [2.05, 4.69) is 9.88 Å². The van der Waals surface area contributed by atoms with Gasteiger partial charge in [0.25, 0.3) is 5.91 Å². The molecule has 2 heterocycles. The first-order chi connectivity index (χ1) is 12.2. The number of nitrogens with zero attached hydrogens (tertiary/aromatic N) is 2. The van der Waals surface area contributed by atoms with Crippen LogP contribution in [0, 0.1) is 6.92 Å². The number of rotatable bonds is 2. The molecule has 6 nitrogen and oxygen atoms in total. The highest BCUT2D eigenvalue weighted by Gasteiger charge is 2.31. The van der Waals surface area contributed by atoms with Gasteiger partial charge in [-0.1, -0.05) is 30.3 Å². The molecular weight excluding hydrogens is 328 g/mol. The normalized spacial score (nSPS) is 14.1. The van der Waals surface area contributed by atoms with Crippen molar-refractivity contribution >= 4 is 11.9 Å². The number of benzene rings is 1. The maximum atomic E-state index is 12.6. The van der Waals surface area contributed by atoms with Crippen molar-refractivity contribution in [1.82, 2.24) is 14.8 Å². The number of nitrogens with two attached hydrogens (primary N) is 1. The minimum Gasteiger partial charge on any atom is -0.366 e. The molecule has 0 bridgehead atoms. The molecule has 0 saturated carbocycles. The average Bonchev–Trinajstić information content (AvgIpc) is 2.86. The van der Waals surface area contributed by atoms with Gasteiger partial charge in [0.2, 0.25) is 0 Å². The number of hydrogen-bond donors (Lipinski definition) is 2. The van der Waals surface area contributed by atoms with E-state index in [1.807, 2.05) is 58.0 Å². The summed E-state index contributed by atoms with van der Waals surface area (Å²) in [5, 5.41) is 2.98. The third kappa shape index (κ3) is 3.31. The van der Waals surface area contributed by atoms with Crippen molar-refractivity contribution in [3.63, 3.8) is 0 Å². The quantitative estimate of drug-likeness (QED) is 0.869. The van der Waals surface area contributed by atoms with E-state index in [4.69, 9.17) is 5.73 Å². The van der Waals surface area contributed by atoms with Gasteiger partial charge in [0.05, 0.1) is 17.8 Å². The van der Waals surface area contributed by atoms with E-state index >= 15 is 0 Å². The summed E-state index contributed by atoms with van der Waals surface area (Å²) >= 11 is 0. The van der Waals surface area contributed by atoms with Gasteiger partial charge in [-0.2, -0.15) is 0 Å². The van der Waals surface area contributed by atoms with Gasteiger partial charge in [-0.3, -0.25) is 4.79 Å². The van der Waals surface area contributed by atoms with Crippen LogP contribution in [0.1, 0.15) is 42.5 Å². The van der Waals surface area contributed by atoms with E-state index in [0.29, 0.717) is 25.2 Å². The summed E-state index contributed by atoms with van der Waals surface area (Å²) in [7, 11) is 0. The Balaban J connectivity index is 2.03. The predicted octanol–water partition coefficient (Wildman–Crippen LogP) is 2.89. The number of amides is 3. The number of nitrogens with one attached hydrogen (secondary N) is 1. The SMILES string of the molecule is Cc1c(-c2ccccc2)c(C(N)=O)c2n1CCN(C(=O)NC(C)(C)C)C2. The van der Waals surface area contributed by atoms with Crippen LogP contribution in [0.3, 0.4) is 0 Å². The van der Waals surface area contributed by atoms with Crippen molar-refractivity contribution in [1.29, 1.82) is 0 Å². The number of hydrogen-bond acceptors (Lipinski definition) is 2. The first-order valence-corrected chi connectivity index (χ1v) is 8.83. The average molecular weight is 354 g/mol. The van der Waals surface area contributed by atoms with Gasteiger partial charge in [0.1, 0.15) is 0 Å². The van der Waals surface area contributed by atoms with Crippen LogP contribution < -0.4 is 11.1 Å². The minimum atomic E-state index is -0.459. The summed E-state index contributed by atoms with van der Waals surface area (Å²) in [4.78, 5) is 26.6. The van der Waals surface area contributed by atoms with Crippen molar-refractivity contribution in [2.24, 2.45) is 5.73 Å². The maximum absolute atomic E-state index is 12.6. The van der Waals surface area contributed by atoms with Crippen molar-refractivity contribution in [2.45, 2.75) is 46.3 Å². The van der Waals surface area contributed by atoms with Gasteiger partial charge in [-0.15, -0.1) is 0 Å². The molecule has 138 valence electrons. The zero-order valence-corrected chi connectivity index (χ0v) is 15.8. The van der Waals surface area contributed by atoms with Crippen molar-refractivity contribution < 1.29 is 9.59 Å². The maximum Gasteiger partial charge on any atom is 0.318 e. The second-order valence-corrected chi connectivity index (χ2v) is 7.77. The standard InChI is InChI=1S/C20H26N4O2/c1-13-16(14-8-6-5-7-9-14)17(18(21)25)15-12-23(10-11-24(13)15)19(26)22-20(2,3)4/h5-9H,10-12H2,1-4H3,(H2,21,25)(H,22,26). The van der Waals surface area contributed by atoms with Gasteiger partial charge in [0.15, 0.2) is 0 Å². The van der Waals surface area contributed by atoms with Crippen molar-refractivity contribution in [3.05, 3.63) is 47.3 Å². The fraction of sp³-hybridized carbons (Fsp3) is 0.400. The molecule has 0 fully saturated rings. The lowest BCUT2D eigenvalue weighted by molar-refractivity contribution is 0.0997. The fourth-order valence-corrected chi connectivity index (χ4v) is 3.54. The summed E-state index contributed by atoms with van der Waals surface area (Å²) in [5.74, 6) is -0.459. The summed E-state index contributed by atoms with van der Waals surface area (Å²) in [5.41, 5.74) is 9.60. The zero-order chi connectivity index (χ0) is 19.1. The molecule has 6 heteroatoms. The van der Waals surface area contributed by atoms with Gasteiger partial charge >= 0.3 is 6.03 Å². The van der Waals surface area contributed by atoms with E-state index in [9.17, 15) is 9.59 Å². The fourth-order valence-electron chi connectivity index (χ4n) is 3.54. The molecule has 1 aliphatic rings. The van der Waals surface area contributed by atoms with Gasteiger partial charge in [0, 0.05) is 29.9 Å². The molecule has 3 N–H and O–H groups in total. The molecule has 3 rings (SSSR count). The first kappa shape index (κ1) is 18.0. The molecule has 0 aliphatic carbocycles. The number of carbonyl (C=O) groups is 2. The number of aromatic nitrogens is 1. The van der Waals surface area contributed by atoms with E-state index in [0.717, 1.165) is 22.5 Å². The molecule has 1 aliphatic heterocycles. The molecule has 0 unspecified atom stereocenters. The van der Waals surface area contributed by atoms with Crippen LogP contribution in [0.15, 0.2) is 30.3 Å². The molecule has 26 heavy (non-hydrogen) atoms. The molecule has 0 saturated heterocycles. The Morgan fingerprint density at radius 2 is 1.77 bits per heavy atom. The van der Waals surface area contributed by atoms with Crippen LogP contribution >= 0.6 is 0 Å². The number of fused-ring (bicyclic) bond motifs is 1. The molecular formula is C20H26N4O2. The summed E-state index contributed by atoms with van der Waals surface area (Å²) < 4.78 is 2.11. The predicted molar refractivity (Wildman–Crippen MR) is 102 cm³/mol. The zero-order valence-electron chi connectivity index (χ0n) is 15.8. The minimum absolute atomic E-state index is 0.126. The molecule has 0 spiro atoms. The van der Waals surface area contributed by atoms with Gasteiger partial charge in [-0.25, -0.2) is 4.79 Å². The number of carbonyl (C=O) groups excluding carboxylic acids is 2. The van der Waals surface area contributed by atoms with Crippen LogP contribution in [-0.4, -0.2) is 33.5 Å². The summed E-state index contributed by atoms with van der Waals surface area (Å²) in [6.07, 6.45) is 0. The highest BCUT2D eigenvalue weighted by atomic mass is 16.2. The molecule has 0 atom stereocenters.